The van der Waals surface area contributed by atoms with Crippen LogP contribution in [0.15, 0.2) is 18.2 Å². The number of nitrogen functional groups attached to an aromatic ring is 1. The molecule has 1 saturated heterocycles. The Morgan fingerprint density at radius 3 is 2.52 bits per heavy atom. The van der Waals surface area contributed by atoms with Gasteiger partial charge in [-0.1, -0.05) is 0 Å². The van der Waals surface area contributed by atoms with Crippen LogP contribution in [-0.2, 0) is 9.47 Å². The molecule has 1 aliphatic rings. The van der Waals surface area contributed by atoms with E-state index >= 15 is 0 Å². The summed E-state index contributed by atoms with van der Waals surface area (Å²) < 4.78 is 10.4. The van der Waals surface area contributed by atoms with Gasteiger partial charge in [-0.15, -0.1) is 0 Å². The third-order valence-electron chi connectivity index (χ3n) is 2.97. The van der Waals surface area contributed by atoms with Crippen LogP contribution in [0.1, 0.15) is 27.7 Å². The minimum absolute atomic E-state index is 0.0752. The maximum Gasteiger partial charge on any atom is 0.412 e. The molecule has 1 aliphatic heterocycles. The first-order valence-electron chi connectivity index (χ1n) is 6.92. The van der Waals surface area contributed by atoms with E-state index in [1.807, 2.05) is 26.8 Å². The zero-order valence-corrected chi connectivity index (χ0v) is 12.9. The molecule has 1 fully saturated rings. The molecule has 0 atom stereocenters. The summed E-state index contributed by atoms with van der Waals surface area (Å²) in [5.41, 5.74) is 7.40. The summed E-state index contributed by atoms with van der Waals surface area (Å²) in [4.78, 5) is 11.7. The van der Waals surface area contributed by atoms with Gasteiger partial charge in [-0.05, 0) is 45.9 Å². The molecule has 0 radical (unpaired) electrons. The van der Waals surface area contributed by atoms with Gasteiger partial charge in [0, 0.05) is 5.69 Å². The minimum atomic E-state index is -0.532. The van der Waals surface area contributed by atoms with Crippen LogP contribution in [0.4, 0.5) is 21.9 Å². The second-order valence-electron chi connectivity index (χ2n) is 6.61. The van der Waals surface area contributed by atoms with Crippen molar-refractivity contribution >= 4 is 23.2 Å². The third kappa shape index (κ3) is 4.26. The first kappa shape index (κ1) is 15.4. The predicted octanol–water partition coefficient (Wildman–Crippen LogP) is 2.82. The van der Waals surface area contributed by atoms with Crippen LogP contribution in [0.2, 0.25) is 0 Å². The molecule has 0 unspecified atom stereocenters. The maximum atomic E-state index is 11.7. The summed E-state index contributed by atoms with van der Waals surface area (Å²) >= 11 is 0. The number of nitrogens with two attached hydrogens (primary N) is 1. The summed E-state index contributed by atoms with van der Waals surface area (Å²) in [5, 5.41) is 6.01. The van der Waals surface area contributed by atoms with Crippen LogP contribution >= 0.6 is 0 Å². The van der Waals surface area contributed by atoms with E-state index in [0.717, 1.165) is 5.69 Å². The number of amides is 1. The zero-order chi connectivity index (χ0) is 15.7. The number of benzene rings is 1. The summed E-state index contributed by atoms with van der Waals surface area (Å²) in [6, 6.07) is 5.33. The Hall–Kier alpha value is -1.95. The van der Waals surface area contributed by atoms with Crippen LogP contribution in [0.3, 0.4) is 0 Å². The largest absolute Gasteiger partial charge is 0.444 e. The predicted molar refractivity (Wildman–Crippen MR) is 83.6 cm³/mol. The van der Waals surface area contributed by atoms with Gasteiger partial charge in [0.05, 0.1) is 30.1 Å². The van der Waals surface area contributed by atoms with Crippen molar-refractivity contribution in [2.75, 3.05) is 29.6 Å². The van der Waals surface area contributed by atoms with Gasteiger partial charge in [-0.3, -0.25) is 5.32 Å². The van der Waals surface area contributed by atoms with Gasteiger partial charge < -0.3 is 20.5 Å². The molecule has 1 aromatic carbocycles. The van der Waals surface area contributed by atoms with Crippen LogP contribution in [0.25, 0.3) is 0 Å². The van der Waals surface area contributed by atoms with Crippen molar-refractivity contribution < 1.29 is 14.3 Å². The highest BCUT2D eigenvalue weighted by atomic mass is 16.6. The molecule has 0 saturated carbocycles. The van der Waals surface area contributed by atoms with E-state index < -0.39 is 11.7 Å². The Morgan fingerprint density at radius 1 is 1.38 bits per heavy atom. The molecule has 1 aromatic rings. The van der Waals surface area contributed by atoms with E-state index in [9.17, 15) is 4.79 Å². The van der Waals surface area contributed by atoms with E-state index in [2.05, 4.69) is 17.6 Å². The van der Waals surface area contributed by atoms with Crippen LogP contribution < -0.4 is 16.4 Å². The van der Waals surface area contributed by atoms with Gasteiger partial charge >= 0.3 is 6.09 Å². The monoisotopic (exact) mass is 293 g/mol. The highest BCUT2D eigenvalue weighted by Gasteiger charge is 2.33. The summed E-state index contributed by atoms with van der Waals surface area (Å²) in [5.74, 6) is 0. The van der Waals surface area contributed by atoms with E-state index in [1.165, 1.54) is 0 Å². The molecule has 0 bridgehead atoms. The standard InChI is InChI=1S/C15H23N3O3/c1-14(2,3)21-13(19)17-10-5-6-12(11(16)7-10)18-15(4)8-20-9-15/h5-7,18H,8-9,16H2,1-4H3,(H,17,19). The number of rotatable bonds is 3. The lowest BCUT2D eigenvalue weighted by atomic mass is 10.00. The summed E-state index contributed by atoms with van der Waals surface area (Å²) in [6.07, 6.45) is -0.498. The molecule has 1 amide bonds. The van der Waals surface area contributed by atoms with Crippen molar-refractivity contribution in [2.24, 2.45) is 0 Å². The molecule has 1 heterocycles. The van der Waals surface area contributed by atoms with Crippen molar-refractivity contribution in [1.82, 2.24) is 0 Å². The molecule has 116 valence electrons. The topological polar surface area (TPSA) is 85.6 Å². The fraction of sp³-hybridized carbons (Fsp3) is 0.533. The number of carbonyl (C=O) groups excluding carboxylic acids is 1. The Kier molecular flexibility index (Phi) is 4.00. The van der Waals surface area contributed by atoms with Crippen LogP contribution in [0.5, 0.6) is 0 Å². The number of ether oxygens (including phenoxy) is 2. The van der Waals surface area contributed by atoms with E-state index in [4.69, 9.17) is 15.2 Å². The molecular formula is C15H23N3O3. The number of hydrogen-bond acceptors (Lipinski definition) is 5. The molecule has 6 nitrogen and oxygen atoms in total. The second-order valence-corrected chi connectivity index (χ2v) is 6.61. The fourth-order valence-electron chi connectivity index (χ4n) is 1.98. The Morgan fingerprint density at radius 2 is 2.05 bits per heavy atom. The average molecular weight is 293 g/mol. The molecule has 2 rings (SSSR count). The lowest BCUT2D eigenvalue weighted by molar-refractivity contribution is -0.0317. The van der Waals surface area contributed by atoms with Crippen molar-refractivity contribution in [3.63, 3.8) is 0 Å². The third-order valence-corrected chi connectivity index (χ3v) is 2.97. The highest BCUT2D eigenvalue weighted by Crippen LogP contribution is 2.29. The van der Waals surface area contributed by atoms with Gasteiger partial charge in [0.1, 0.15) is 5.60 Å². The lowest BCUT2D eigenvalue weighted by Gasteiger charge is -2.39. The zero-order valence-electron chi connectivity index (χ0n) is 12.9. The van der Waals surface area contributed by atoms with Gasteiger partial charge in [0.2, 0.25) is 0 Å². The van der Waals surface area contributed by atoms with Crippen molar-refractivity contribution in [3.05, 3.63) is 18.2 Å². The smallest absolute Gasteiger partial charge is 0.412 e. The molecule has 4 N–H and O–H groups in total. The van der Waals surface area contributed by atoms with Crippen LogP contribution in [0, 0.1) is 0 Å². The maximum absolute atomic E-state index is 11.7. The summed E-state index contributed by atoms with van der Waals surface area (Å²) in [6.45, 7) is 8.83. The highest BCUT2D eigenvalue weighted by molar-refractivity contribution is 5.87. The van der Waals surface area contributed by atoms with Crippen molar-refractivity contribution in [2.45, 2.75) is 38.8 Å². The fourth-order valence-corrected chi connectivity index (χ4v) is 1.98. The van der Waals surface area contributed by atoms with Gasteiger partial charge in [-0.2, -0.15) is 0 Å². The quantitative estimate of drug-likeness (QED) is 0.746. The molecule has 21 heavy (non-hydrogen) atoms. The molecule has 0 aromatic heterocycles. The number of hydrogen-bond donors (Lipinski definition) is 3. The van der Waals surface area contributed by atoms with Crippen molar-refractivity contribution in [1.29, 1.82) is 0 Å². The first-order valence-corrected chi connectivity index (χ1v) is 6.92. The Labute approximate surface area is 125 Å². The molecule has 6 heteroatoms. The Bertz CT molecular complexity index is 533. The Balaban J connectivity index is 2.00. The minimum Gasteiger partial charge on any atom is -0.444 e. The van der Waals surface area contributed by atoms with E-state index in [0.29, 0.717) is 24.6 Å². The molecule has 0 spiro atoms. The van der Waals surface area contributed by atoms with Crippen LogP contribution in [-0.4, -0.2) is 30.4 Å². The summed E-state index contributed by atoms with van der Waals surface area (Å²) in [7, 11) is 0. The first-order chi connectivity index (χ1) is 9.67. The van der Waals surface area contributed by atoms with E-state index in [1.54, 1.807) is 12.1 Å². The van der Waals surface area contributed by atoms with Gasteiger partial charge in [0.15, 0.2) is 0 Å². The average Bonchev–Trinajstić information content (AvgIpc) is 2.28. The number of nitrogens with one attached hydrogen (secondary N) is 2. The van der Waals surface area contributed by atoms with Gasteiger partial charge in [-0.25, -0.2) is 4.79 Å². The molecule has 0 aliphatic carbocycles. The normalized spacial score (nSPS) is 16.8. The van der Waals surface area contributed by atoms with Gasteiger partial charge in [0.25, 0.3) is 0 Å². The number of carbonyl (C=O) groups is 1. The van der Waals surface area contributed by atoms with E-state index in [-0.39, 0.29) is 5.54 Å². The molecular weight excluding hydrogens is 270 g/mol. The second kappa shape index (κ2) is 5.44. The lowest BCUT2D eigenvalue weighted by Crippen LogP contribution is -2.53. The SMILES string of the molecule is CC1(Nc2ccc(NC(=O)OC(C)(C)C)cc2N)COC1. The number of anilines is 3. The van der Waals surface area contributed by atoms with Crippen molar-refractivity contribution in [3.8, 4) is 0 Å².